The molecule has 2 atom stereocenters. The average molecular weight is 421 g/mol. The van der Waals surface area contributed by atoms with E-state index in [4.69, 9.17) is 16.3 Å². The van der Waals surface area contributed by atoms with Crippen molar-refractivity contribution < 1.29 is 18.7 Å². The molecule has 5 nitrogen and oxygen atoms in total. The summed E-state index contributed by atoms with van der Waals surface area (Å²) in [6, 6.07) is 12.1. The number of nitrogens with one attached hydrogen (secondary N) is 1. The van der Waals surface area contributed by atoms with Crippen LogP contribution < -0.4 is 10.1 Å². The summed E-state index contributed by atoms with van der Waals surface area (Å²) < 4.78 is 19.7. The van der Waals surface area contributed by atoms with Gasteiger partial charge in [-0.2, -0.15) is 0 Å². The minimum Gasteiger partial charge on any atom is -0.482 e. The van der Waals surface area contributed by atoms with Crippen molar-refractivity contribution in [2.45, 2.75) is 45.8 Å². The number of hydrogen-bond acceptors (Lipinski definition) is 3. The van der Waals surface area contributed by atoms with Crippen molar-refractivity contribution in [2.75, 3.05) is 6.61 Å². The highest BCUT2D eigenvalue weighted by molar-refractivity contribution is 6.32. The predicted octanol–water partition coefficient (Wildman–Crippen LogP) is 4.19. The first-order valence-corrected chi connectivity index (χ1v) is 9.91. The Bertz CT molecular complexity index is 846. The molecule has 0 bridgehead atoms. The van der Waals surface area contributed by atoms with Gasteiger partial charge in [-0.3, -0.25) is 9.59 Å². The van der Waals surface area contributed by atoms with Gasteiger partial charge in [-0.1, -0.05) is 48.9 Å². The standard InChI is InChI=1S/C22H26ClFN2O3/c1-4-15(2)25-22(28)16(3)26(13-17-9-5-7-11-19(17)24)21(27)14-29-20-12-8-6-10-18(20)23/h5-12,15-16H,4,13-14H2,1-3H3,(H,25,28). The Labute approximate surface area is 175 Å². The summed E-state index contributed by atoms with van der Waals surface area (Å²) in [6.07, 6.45) is 0.759. The molecule has 0 heterocycles. The summed E-state index contributed by atoms with van der Waals surface area (Å²) in [5, 5.41) is 3.24. The molecule has 0 fully saturated rings. The highest BCUT2D eigenvalue weighted by Gasteiger charge is 2.28. The lowest BCUT2D eigenvalue weighted by Crippen LogP contribution is -2.50. The summed E-state index contributed by atoms with van der Waals surface area (Å²) >= 11 is 6.06. The molecule has 2 aromatic rings. The lowest BCUT2D eigenvalue weighted by molar-refractivity contribution is -0.142. The minimum absolute atomic E-state index is 0.0326. The van der Waals surface area contributed by atoms with Crippen LogP contribution >= 0.6 is 11.6 Å². The maximum absolute atomic E-state index is 14.2. The predicted molar refractivity (Wildman–Crippen MR) is 111 cm³/mol. The third kappa shape index (κ3) is 6.46. The van der Waals surface area contributed by atoms with Crippen LogP contribution in [0.15, 0.2) is 48.5 Å². The van der Waals surface area contributed by atoms with Gasteiger partial charge in [-0.25, -0.2) is 4.39 Å². The molecule has 0 aliphatic carbocycles. The Morgan fingerprint density at radius 2 is 1.79 bits per heavy atom. The number of benzene rings is 2. The Morgan fingerprint density at radius 3 is 2.45 bits per heavy atom. The molecule has 0 aromatic heterocycles. The highest BCUT2D eigenvalue weighted by Crippen LogP contribution is 2.23. The van der Waals surface area contributed by atoms with Crippen LogP contribution in [0.25, 0.3) is 0 Å². The lowest BCUT2D eigenvalue weighted by atomic mass is 10.1. The van der Waals surface area contributed by atoms with E-state index in [1.54, 1.807) is 49.4 Å². The van der Waals surface area contributed by atoms with E-state index in [2.05, 4.69) is 5.32 Å². The second-order valence-corrected chi connectivity index (χ2v) is 7.23. The molecule has 0 radical (unpaired) electrons. The van der Waals surface area contributed by atoms with Crippen LogP contribution in [-0.4, -0.2) is 35.4 Å². The van der Waals surface area contributed by atoms with E-state index >= 15 is 0 Å². The van der Waals surface area contributed by atoms with Gasteiger partial charge >= 0.3 is 0 Å². The van der Waals surface area contributed by atoms with Crippen LogP contribution in [0, 0.1) is 5.82 Å². The molecule has 156 valence electrons. The maximum Gasteiger partial charge on any atom is 0.261 e. The highest BCUT2D eigenvalue weighted by atomic mass is 35.5. The molecule has 2 aromatic carbocycles. The molecular weight excluding hydrogens is 395 g/mol. The zero-order chi connectivity index (χ0) is 21.4. The number of para-hydroxylation sites is 1. The molecule has 0 aliphatic rings. The van der Waals surface area contributed by atoms with Crippen molar-refractivity contribution in [2.24, 2.45) is 0 Å². The van der Waals surface area contributed by atoms with E-state index in [1.807, 2.05) is 13.8 Å². The van der Waals surface area contributed by atoms with Crippen LogP contribution in [-0.2, 0) is 16.1 Å². The van der Waals surface area contributed by atoms with Crippen molar-refractivity contribution in [1.29, 1.82) is 0 Å². The fourth-order valence-electron chi connectivity index (χ4n) is 2.64. The molecule has 29 heavy (non-hydrogen) atoms. The fraction of sp³-hybridized carbons (Fsp3) is 0.364. The van der Waals surface area contributed by atoms with Crippen molar-refractivity contribution in [1.82, 2.24) is 10.2 Å². The largest absolute Gasteiger partial charge is 0.482 e. The molecule has 2 unspecified atom stereocenters. The maximum atomic E-state index is 14.2. The topological polar surface area (TPSA) is 58.6 Å². The van der Waals surface area contributed by atoms with Crippen LogP contribution in [0.3, 0.4) is 0 Å². The zero-order valence-electron chi connectivity index (χ0n) is 16.8. The van der Waals surface area contributed by atoms with Gasteiger partial charge in [0.1, 0.15) is 17.6 Å². The first-order valence-electron chi connectivity index (χ1n) is 9.54. The minimum atomic E-state index is -0.800. The number of amides is 2. The average Bonchev–Trinajstić information content (AvgIpc) is 2.71. The van der Waals surface area contributed by atoms with Crippen molar-refractivity contribution in [3.8, 4) is 5.75 Å². The fourth-order valence-corrected chi connectivity index (χ4v) is 2.83. The smallest absolute Gasteiger partial charge is 0.261 e. The molecular formula is C22H26ClFN2O3. The second kappa shape index (κ2) is 10.8. The number of halogens is 2. The molecule has 0 spiro atoms. The summed E-state index contributed by atoms with van der Waals surface area (Å²) in [5.74, 6) is -0.821. The SMILES string of the molecule is CCC(C)NC(=O)C(C)N(Cc1ccccc1F)C(=O)COc1ccccc1Cl. The van der Waals surface area contributed by atoms with Gasteiger partial charge in [0.05, 0.1) is 5.02 Å². The van der Waals surface area contributed by atoms with Gasteiger partial charge in [-0.05, 0) is 38.5 Å². The molecule has 0 saturated heterocycles. The third-order valence-corrected chi connectivity index (χ3v) is 4.97. The van der Waals surface area contributed by atoms with Gasteiger partial charge in [-0.15, -0.1) is 0 Å². The van der Waals surface area contributed by atoms with E-state index in [0.29, 0.717) is 16.3 Å². The van der Waals surface area contributed by atoms with Gasteiger partial charge in [0.25, 0.3) is 5.91 Å². The first-order chi connectivity index (χ1) is 13.8. The quantitative estimate of drug-likeness (QED) is 0.661. The van der Waals surface area contributed by atoms with E-state index < -0.39 is 17.8 Å². The number of carbonyl (C=O) groups is 2. The summed E-state index contributed by atoms with van der Waals surface area (Å²) in [5.41, 5.74) is 0.321. The van der Waals surface area contributed by atoms with E-state index in [-0.39, 0.29) is 25.1 Å². The number of carbonyl (C=O) groups excluding carboxylic acids is 2. The summed E-state index contributed by atoms with van der Waals surface area (Å²) in [7, 11) is 0. The van der Waals surface area contributed by atoms with Crippen LogP contribution in [0.4, 0.5) is 4.39 Å². The van der Waals surface area contributed by atoms with Gasteiger partial charge < -0.3 is 15.0 Å². The second-order valence-electron chi connectivity index (χ2n) is 6.83. The first kappa shape index (κ1) is 22.7. The number of nitrogens with zero attached hydrogens (tertiary/aromatic N) is 1. The molecule has 2 rings (SSSR count). The zero-order valence-corrected chi connectivity index (χ0v) is 17.6. The molecule has 7 heteroatoms. The third-order valence-electron chi connectivity index (χ3n) is 4.65. The van der Waals surface area contributed by atoms with Crippen molar-refractivity contribution in [3.05, 3.63) is 64.9 Å². The van der Waals surface area contributed by atoms with Crippen LogP contribution in [0.5, 0.6) is 5.75 Å². The molecule has 2 amide bonds. The summed E-state index contributed by atoms with van der Waals surface area (Å²) in [6.45, 7) is 5.08. The Morgan fingerprint density at radius 1 is 1.14 bits per heavy atom. The van der Waals surface area contributed by atoms with Crippen LogP contribution in [0.2, 0.25) is 5.02 Å². The molecule has 1 N–H and O–H groups in total. The summed E-state index contributed by atoms with van der Waals surface area (Å²) in [4.78, 5) is 26.8. The van der Waals surface area contributed by atoms with Gasteiger partial charge in [0.15, 0.2) is 6.61 Å². The number of hydrogen-bond donors (Lipinski definition) is 1. The van der Waals surface area contributed by atoms with Crippen molar-refractivity contribution in [3.63, 3.8) is 0 Å². The van der Waals surface area contributed by atoms with Gasteiger partial charge in [0, 0.05) is 18.2 Å². The van der Waals surface area contributed by atoms with E-state index in [0.717, 1.165) is 6.42 Å². The Kier molecular flexibility index (Phi) is 8.46. The number of ether oxygens (including phenoxy) is 1. The van der Waals surface area contributed by atoms with E-state index in [1.165, 1.54) is 11.0 Å². The molecule has 0 saturated carbocycles. The Hall–Kier alpha value is -2.60. The van der Waals surface area contributed by atoms with Crippen LogP contribution in [0.1, 0.15) is 32.8 Å². The molecule has 0 aliphatic heterocycles. The lowest BCUT2D eigenvalue weighted by Gasteiger charge is -2.29. The van der Waals surface area contributed by atoms with Gasteiger partial charge in [0.2, 0.25) is 5.91 Å². The normalized spacial score (nSPS) is 12.7. The van der Waals surface area contributed by atoms with E-state index in [9.17, 15) is 14.0 Å². The van der Waals surface area contributed by atoms with Crippen molar-refractivity contribution >= 4 is 23.4 Å². The number of rotatable bonds is 9. The monoisotopic (exact) mass is 420 g/mol. The Balaban J connectivity index is 2.18.